The van der Waals surface area contributed by atoms with Crippen molar-refractivity contribution in [2.45, 2.75) is 18.9 Å². The van der Waals surface area contributed by atoms with Crippen LogP contribution in [-0.2, 0) is 0 Å². The number of carbonyl (C=O) groups is 1. The van der Waals surface area contributed by atoms with Crippen molar-refractivity contribution in [2.75, 3.05) is 38.5 Å². The zero-order valence-corrected chi connectivity index (χ0v) is 12.4. The molecule has 3 heterocycles. The number of nitrogens with one attached hydrogen (secondary N) is 1. The fourth-order valence-corrected chi connectivity index (χ4v) is 3.36. The Balaban J connectivity index is 1.74. The molecule has 0 saturated carbocycles. The van der Waals surface area contributed by atoms with Gasteiger partial charge in [0.1, 0.15) is 5.82 Å². The smallest absolute Gasteiger partial charge is 0.255 e. The first kappa shape index (κ1) is 13.6. The van der Waals surface area contributed by atoms with E-state index in [-0.39, 0.29) is 5.91 Å². The molecule has 2 aliphatic rings. The third-order valence-electron chi connectivity index (χ3n) is 4.20. The molecule has 2 aliphatic heterocycles. The molecular formula is C14H19ClN4O. The summed E-state index contributed by atoms with van der Waals surface area (Å²) in [6.45, 7) is 3.77. The van der Waals surface area contributed by atoms with E-state index in [1.807, 2.05) is 4.90 Å². The van der Waals surface area contributed by atoms with Gasteiger partial charge in [0.25, 0.3) is 5.91 Å². The Morgan fingerprint density at radius 2 is 2.30 bits per heavy atom. The maximum atomic E-state index is 12.5. The van der Waals surface area contributed by atoms with E-state index in [1.54, 1.807) is 19.3 Å². The first-order valence-electron chi connectivity index (χ1n) is 7.05. The third kappa shape index (κ3) is 2.47. The number of carbonyl (C=O) groups excluding carboxylic acids is 1. The molecular weight excluding hydrogens is 276 g/mol. The lowest BCUT2D eigenvalue weighted by atomic mass is 10.1. The third-order valence-corrected chi connectivity index (χ3v) is 4.49. The summed E-state index contributed by atoms with van der Waals surface area (Å²) in [5.41, 5.74) is 0.570. The zero-order valence-electron chi connectivity index (χ0n) is 11.6. The van der Waals surface area contributed by atoms with Crippen LogP contribution in [0.2, 0.25) is 5.02 Å². The van der Waals surface area contributed by atoms with E-state index in [4.69, 9.17) is 11.6 Å². The van der Waals surface area contributed by atoms with Gasteiger partial charge in [-0.15, -0.1) is 0 Å². The Labute approximate surface area is 123 Å². The van der Waals surface area contributed by atoms with E-state index in [2.05, 4.69) is 15.2 Å². The highest BCUT2D eigenvalue weighted by atomic mass is 35.5. The zero-order chi connectivity index (χ0) is 14.1. The van der Waals surface area contributed by atoms with Crippen LogP contribution in [0.5, 0.6) is 0 Å². The maximum absolute atomic E-state index is 12.5. The lowest BCUT2D eigenvalue weighted by molar-refractivity contribution is 0.0571. The molecule has 1 N–H and O–H groups in total. The molecule has 2 saturated heterocycles. The van der Waals surface area contributed by atoms with Crippen molar-refractivity contribution in [1.82, 2.24) is 14.8 Å². The lowest BCUT2D eigenvalue weighted by Gasteiger charge is -2.37. The van der Waals surface area contributed by atoms with Gasteiger partial charge in [-0.3, -0.25) is 9.69 Å². The summed E-state index contributed by atoms with van der Waals surface area (Å²) in [5.74, 6) is 0.637. The molecule has 20 heavy (non-hydrogen) atoms. The van der Waals surface area contributed by atoms with Crippen molar-refractivity contribution in [1.29, 1.82) is 0 Å². The summed E-state index contributed by atoms with van der Waals surface area (Å²) in [5, 5.41) is 3.38. The molecule has 0 radical (unpaired) electrons. The van der Waals surface area contributed by atoms with Gasteiger partial charge in [-0.1, -0.05) is 11.6 Å². The minimum Gasteiger partial charge on any atom is -0.372 e. The van der Waals surface area contributed by atoms with Crippen molar-refractivity contribution in [3.8, 4) is 0 Å². The highest BCUT2D eigenvalue weighted by molar-refractivity contribution is 6.33. The second-order valence-corrected chi connectivity index (χ2v) is 5.79. The number of anilines is 1. The van der Waals surface area contributed by atoms with Gasteiger partial charge in [0, 0.05) is 38.9 Å². The highest BCUT2D eigenvalue weighted by Gasteiger charge is 2.32. The molecule has 0 spiro atoms. The first-order valence-corrected chi connectivity index (χ1v) is 7.43. The molecule has 1 unspecified atom stereocenters. The molecule has 6 heteroatoms. The number of amides is 1. The molecule has 1 aromatic rings. The Kier molecular flexibility index (Phi) is 3.81. The predicted octanol–water partition coefficient (Wildman–Crippen LogP) is 1.70. The van der Waals surface area contributed by atoms with Crippen LogP contribution < -0.4 is 5.32 Å². The summed E-state index contributed by atoms with van der Waals surface area (Å²) in [6.07, 6.45) is 4.04. The van der Waals surface area contributed by atoms with Crippen molar-refractivity contribution in [3.05, 3.63) is 22.8 Å². The molecule has 5 nitrogen and oxygen atoms in total. The quantitative estimate of drug-likeness (QED) is 0.902. The number of nitrogens with zero attached hydrogens (tertiary/aromatic N) is 3. The molecule has 1 amide bonds. The number of pyridine rings is 1. The standard InChI is InChI=1S/C14H19ClN4O/c1-16-13-12(15)7-10(8-17-13)14(20)19-6-5-18-4-2-3-11(18)9-19/h7-8,11H,2-6,9H2,1H3,(H,16,17). The predicted molar refractivity (Wildman–Crippen MR) is 79.3 cm³/mol. The summed E-state index contributed by atoms with van der Waals surface area (Å²) < 4.78 is 0. The number of piperazine rings is 1. The maximum Gasteiger partial charge on any atom is 0.255 e. The second-order valence-electron chi connectivity index (χ2n) is 5.39. The molecule has 2 fully saturated rings. The van der Waals surface area contributed by atoms with E-state index >= 15 is 0 Å². The molecule has 0 aliphatic carbocycles. The Bertz CT molecular complexity index is 522. The molecule has 108 valence electrons. The van der Waals surface area contributed by atoms with Crippen LogP contribution in [-0.4, -0.2) is 60.0 Å². The van der Waals surface area contributed by atoms with Crippen LogP contribution in [0.15, 0.2) is 12.3 Å². The van der Waals surface area contributed by atoms with Crippen LogP contribution >= 0.6 is 11.6 Å². The van der Waals surface area contributed by atoms with Crippen LogP contribution in [0, 0.1) is 0 Å². The molecule has 0 aromatic carbocycles. The topological polar surface area (TPSA) is 48.5 Å². The minimum absolute atomic E-state index is 0.0357. The summed E-state index contributed by atoms with van der Waals surface area (Å²) >= 11 is 6.10. The van der Waals surface area contributed by atoms with Gasteiger partial charge < -0.3 is 10.2 Å². The molecule has 1 aromatic heterocycles. The van der Waals surface area contributed by atoms with Gasteiger partial charge in [-0.2, -0.15) is 0 Å². The van der Waals surface area contributed by atoms with Gasteiger partial charge in [0.2, 0.25) is 0 Å². The second kappa shape index (κ2) is 5.58. The van der Waals surface area contributed by atoms with Crippen LogP contribution in [0.4, 0.5) is 5.82 Å². The van der Waals surface area contributed by atoms with Gasteiger partial charge in [0.05, 0.1) is 10.6 Å². The number of halogens is 1. The summed E-state index contributed by atoms with van der Waals surface area (Å²) in [6, 6.07) is 2.23. The number of rotatable bonds is 2. The number of hydrogen-bond donors (Lipinski definition) is 1. The van der Waals surface area contributed by atoms with E-state index in [1.165, 1.54) is 19.4 Å². The fourth-order valence-electron chi connectivity index (χ4n) is 3.10. The van der Waals surface area contributed by atoms with E-state index in [0.717, 1.165) is 19.6 Å². The Morgan fingerprint density at radius 1 is 1.45 bits per heavy atom. The van der Waals surface area contributed by atoms with Gasteiger partial charge in [-0.25, -0.2) is 4.98 Å². The van der Waals surface area contributed by atoms with Gasteiger partial charge in [-0.05, 0) is 25.5 Å². The monoisotopic (exact) mass is 294 g/mol. The van der Waals surface area contributed by atoms with E-state index in [0.29, 0.717) is 22.4 Å². The number of aromatic nitrogens is 1. The molecule has 0 bridgehead atoms. The van der Waals surface area contributed by atoms with Crippen molar-refractivity contribution < 1.29 is 4.79 Å². The average Bonchev–Trinajstić information content (AvgIpc) is 2.93. The highest BCUT2D eigenvalue weighted by Crippen LogP contribution is 2.24. The first-order chi connectivity index (χ1) is 9.69. The van der Waals surface area contributed by atoms with Crippen LogP contribution in [0.1, 0.15) is 23.2 Å². The summed E-state index contributed by atoms with van der Waals surface area (Å²) in [4.78, 5) is 21.1. The SMILES string of the molecule is CNc1ncc(C(=O)N2CCN3CCCC3C2)cc1Cl. The van der Waals surface area contributed by atoms with Crippen molar-refractivity contribution >= 4 is 23.3 Å². The average molecular weight is 295 g/mol. The van der Waals surface area contributed by atoms with E-state index < -0.39 is 0 Å². The molecule has 3 rings (SSSR count). The largest absolute Gasteiger partial charge is 0.372 e. The van der Waals surface area contributed by atoms with Crippen LogP contribution in [0.3, 0.4) is 0 Å². The normalized spacial score (nSPS) is 22.7. The van der Waals surface area contributed by atoms with Crippen molar-refractivity contribution in [3.63, 3.8) is 0 Å². The summed E-state index contributed by atoms with van der Waals surface area (Å²) in [7, 11) is 1.76. The molecule has 1 atom stereocenters. The lowest BCUT2D eigenvalue weighted by Crippen LogP contribution is -2.52. The fraction of sp³-hybridized carbons (Fsp3) is 0.571. The van der Waals surface area contributed by atoms with Crippen molar-refractivity contribution in [2.24, 2.45) is 0 Å². The number of hydrogen-bond acceptors (Lipinski definition) is 4. The number of fused-ring (bicyclic) bond motifs is 1. The van der Waals surface area contributed by atoms with Gasteiger partial charge >= 0.3 is 0 Å². The Hall–Kier alpha value is -1.33. The Morgan fingerprint density at radius 3 is 3.05 bits per heavy atom. The van der Waals surface area contributed by atoms with Gasteiger partial charge in [0.15, 0.2) is 0 Å². The van der Waals surface area contributed by atoms with Crippen LogP contribution in [0.25, 0.3) is 0 Å². The minimum atomic E-state index is 0.0357. The van der Waals surface area contributed by atoms with E-state index in [9.17, 15) is 4.79 Å².